The molecule has 2 aromatic rings. The molecule has 0 radical (unpaired) electrons. The van der Waals surface area contributed by atoms with Crippen molar-refractivity contribution >= 4 is 21.2 Å². The van der Waals surface area contributed by atoms with Gasteiger partial charge in [-0.15, -0.1) is 0 Å². The molecule has 1 N–H and O–H groups in total. The number of imidazole rings is 1. The maximum Gasteiger partial charge on any atom is 0.279 e. The van der Waals surface area contributed by atoms with Gasteiger partial charge in [0.2, 0.25) is 0 Å². The summed E-state index contributed by atoms with van der Waals surface area (Å²) < 4.78 is 31.1. The Kier molecular flexibility index (Phi) is 4.44. The van der Waals surface area contributed by atoms with Gasteiger partial charge in [-0.1, -0.05) is 12.1 Å². The van der Waals surface area contributed by atoms with Gasteiger partial charge in [0, 0.05) is 19.6 Å². The van der Waals surface area contributed by atoms with E-state index in [1.807, 2.05) is 42.7 Å². The van der Waals surface area contributed by atoms with Crippen LogP contribution in [0, 0.1) is 5.92 Å². The Labute approximate surface area is 137 Å². The van der Waals surface area contributed by atoms with Gasteiger partial charge >= 0.3 is 0 Å². The van der Waals surface area contributed by atoms with Crippen LogP contribution in [0.25, 0.3) is 11.0 Å². The number of fused-ring (bicyclic) bond motifs is 1. The van der Waals surface area contributed by atoms with Crippen LogP contribution in [0.5, 0.6) is 0 Å². The summed E-state index contributed by atoms with van der Waals surface area (Å²) in [5, 5.41) is 0. The second kappa shape index (κ2) is 6.22. The number of aromatic nitrogens is 2. The summed E-state index contributed by atoms with van der Waals surface area (Å²) in [6.07, 6.45) is 2.24. The molecule has 0 aliphatic heterocycles. The van der Waals surface area contributed by atoms with Crippen LogP contribution in [0.4, 0.5) is 0 Å². The Bertz CT molecular complexity index is 796. The molecule has 1 fully saturated rings. The van der Waals surface area contributed by atoms with Crippen molar-refractivity contribution in [3.05, 3.63) is 30.1 Å². The second-order valence-corrected chi connectivity index (χ2v) is 8.00. The van der Waals surface area contributed by atoms with Crippen LogP contribution in [0.1, 0.15) is 32.5 Å². The highest BCUT2D eigenvalue weighted by molar-refractivity contribution is 7.87. The van der Waals surface area contributed by atoms with Crippen LogP contribution in [-0.2, 0) is 23.3 Å². The minimum Gasteiger partial charge on any atom is -0.327 e. The fourth-order valence-electron chi connectivity index (χ4n) is 2.97. The molecule has 1 aliphatic carbocycles. The topological polar surface area (TPSA) is 67.2 Å². The maximum absolute atomic E-state index is 12.5. The number of aryl methyl sites for hydroxylation is 1. The Morgan fingerprint density at radius 3 is 2.74 bits per heavy atom. The van der Waals surface area contributed by atoms with Crippen molar-refractivity contribution in [1.82, 2.24) is 18.6 Å². The van der Waals surface area contributed by atoms with E-state index in [1.54, 1.807) is 7.05 Å². The summed E-state index contributed by atoms with van der Waals surface area (Å²) >= 11 is 0. The molecule has 0 saturated heterocycles. The fourth-order valence-corrected chi connectivity index (χ4v) is 4.09. The first-order valence-electron chi connectivity index (χ1n) is 8.10. The van der Waals surface area contributed by atoms with E-state index in [9.17, 15) is 8.42 Å². The van der Waals surface area contributed by atoms with Crippen LogP contribution in [0.2, 0.25) is 0 Å². The molecule has 6 nitrogen and oxygen atoms in total. The first-order chi connectivity index (χ1) is 10.9. The SMILES string of the molecule is CCn1c(CNS(=O)(=O)N(C)C(C)C2CC2)nc2ccccc21. The van der Waals surface area contributed by atoms with Gasteiger partial charge in [0.25, 0.3) is 10.2 Å². The molecule has 1 atom stereocenters. The Morgan fingerprint density at radius 1 is 1.39 bits per heavy atom. The average Bonchev–Trinajstić information content (AvgIpc) is 3.32. The molecule has 23 heavy (non-hydrogen) atoms. The van der Waals surface area contributed by atoms with E-state index in [4.69, 9.17) is 0 Å². The summed E-state index contributed by atoms with van der Waals surface area (Å²) in [6, 6.07) is 7.90. The van der Waals surface area contributed by atoms with Crippen molar-refractivity contribution in [2.45, 2.75) is 45.8 Å². The molecule has 0 amide bonds. The van der Waals surface area contributed by atoms with Gasteiger partial charge in [-0.2, -0.15) is 17.4 Å². The molecule has 1 unspecified atom stereocenters. The van der Waals surface area contributed by atoms with Gasteiger partial charge in [-0.3, -0.25) is 0 Å². The van der Waals surface area contributed by atoms with E-state index >= 15 is 0 Å². The highest BCUT2D eigenvalue weighted by Crippen LogP contribution is 2.35. The molecule has 126 valence electrons. The van der Waals surface area contributed by atoms with Crippen LogP contribution in [-0.4, -0.2) is 35.4 Å². The van der Waals surface area contributed by atoms with Crippen molar-refractivity contribution in [3.8, 4) is 0 Å². The van der Waals surface area contributed by atoms with Crippen LogP contribution in [0.15, 0.2) is 24.3 Å². The van der Waals surface area contributed by atoms with Gasteiger partial charge in [0.05, 0.1) is 17.6 Å². The van der Waals surface area contributed by atoms with Gasteiger partial charge in [-0.05, 0) is 44.7 Å². The summed E-state index contributed by atoms with van der Waals surface area (Å²) in [6.45, 7) is 4.96. The van der Waals surface area contributed by atoms with Crippen LogP contribution < -0.4 is 4.72 Å². The molecule has 1 aromatic carbocycles. The number of nitrogens with one attached hydrogen (secondary N) is 1. The highest BCUT2D eigenvalue weighted by atomic mass is 32.2. The van der Waals surface area contributed by atoms with Crippen LogP contribution in [0.3, 0.4) is 0 Å². The van der Waals surface area contributed by atoms with E-state index in [0.717, 1.165) is 36.2 Å². The van der Waals surface area contributed by atoms with Gasteiger partial charge in [0.1, 0.15) is 5.82 Å². The second-order valence-electron chi connectivity index (χ2n) is 6.18. The molecule has 1 aromatic heterocycles. The number of hydrogen-bond acceptors (Lipinski definition) is 3. The van der Waals surface area contributed by atoms with Crippen molar-refractivity contribution in [3.63, 3.8) is 0 Å². The monoisotopic (exact) mass is 336 g/mol. The minimum atomic E-state index is -3.50. The van der Waals surface area contributed by atoms with E-state index in [1.165, 1.54) is 4.31 Å². The molecule has 7 heteroatoms. The molecule has 0 bridgehead atoms. The summed E-state index contributed by atoms with van der Waals surface area (Å²) in [5.74, 6) is 1.24. The molecule has 0 spiro atoms. The van der Waals surface area contributed by atoms with Gasteiger partial charge < -0.3 is 4.57 Å². The molecular formula is C16H24N4O2S. The largest absolute Gasteiger partial charge is 0.327 e. The molecule has 1 saturated carbocycles. The zero-order chi connectivity index (χ0) is 16.6. The van der Waals surface area contributed by atoms with E-state index in [-0.39, 0.29) is 12.6 Å². The number of para-hydroxylation sites is 2. The maximum atomic E-state index is 12.5. The third-order valence-electron chi connectivity index (χ3n) is 4.72. The van der Waals surface area contributed by atoms with Crippen molar-refractivity contribution in [2.24, 2.45) is 5.92 Å². The Morgan fingerprint density at radius 2 is 2.09 bits per heavy atom. The lowest BCUT2D eigenvalue weighted by atomic mass is 10.2. The van der Waals surface area contributed by atoms with E-state index in [2.05, 4.69) is 9.71 Å². The predicted octanol–water partition coefficient (Wildman–Crippen LogP) is 2.12. The average molecular weight is 336 g/mol. The smallest absolute Gasteiger partial charge is 0.279 e. The summed E-state index contributed by atoms with van der Waals surface area (Å²) in [4.78, 5) is 4.56. The predicted molar refractivity (Wildman–Crippen MR) is 91.1 cm³/mol. The molecule has 1 aliphatic rings. The van der Waals surface area contributed by atoms with E-state index < -0.39 is 10.2 Å². The van der Waals surface area contributed by atoms with Crippen molar-refractivity contribution in [2.75, 3.05) is 7.05 Å². The lowest BCUT2D eigenvalue weighted by Crippen LogP contribution is -2.43. The number of benzene rings is 1. The molecule has 3 rings (SSSR count). The lowest BCUT2D eigenvalue weighted by Gasteiger charge is -2.24. The third kappa shape index (κ3) is 3.27. The zero-order valence-corrected chi connectivity index (χ0v) is 14.7. The minimum absolute atomic E-state index is 0.0393. The van der Waals surface area contributed by atoms with Crippen molar-refractivity contribution in [1.29, 1.82) is 0 Å². The van der Waals surface area contributed by atoms with Crippen molar-refractivity contribution < 1.29 is 8.42 Å². The van der Waals surface area contributed by atoms with Gasteiger partial charge in [0.15, 0.2) is 0 Å². The van der Waals surface area contributed by atoms with Gasteiger partial charge in [-0.25, -0.2) is 4.98 Å². The quantitative estimate of drug-likeness (QED) is 0.842. The molecular weight excluding hydrogens is 312 g/mol. The standard InChI is InChI=1S/C16H24N4O2S/c1-4-20-15-8-6-5-7-14(15)18-16(20)11-17-23(21,22)19(3)12(2)13-9-10-13/h5-8,12-13,17H,4,9-11H2,1-3H3. The third-order valence-corrected chi connectivity index (χ3v) is 6.32. The number of rotatable bonds is 7. The first kappa shape index (κ1) is 16.4. The highest BCUT2D eigenvalue weighted by Gasteiger charge is 2.35. The number of nitrogens with zero attached hydrogens (tertiary/aromatic N) is 3. The fraction of sp³-hybridized carbons (Fsp3) is 0.562. The molecule has 1 heterocycles. The van der Waals surface area contributed by atoms with E-state index in [0.29, 0.717) is 5.92 Å². The van der Waals surface area contributed by atoms with Crippen LogP contribution >= 0.6 is 0 Å². The first-order valence-corrected chi connectivity index (χ1v) is 9.54. The Hall–Kier alpha value is -1.44. The Balaban J connectivity index is 1.77. The normalized spacial score (nSPS) is 17.0. The summed E-state index contributed by atoms with van der Waals surface area (Å²) in [5.41, 5.74) is 1.92. The summed E-state index contributed by atoms with van der Waals surface area (Å²) in [7, 11) is -1.85. The lowest BCUT2D eigenvalue weighted by molar-refractivity contribution is 0.351. The zero-order valence-electron chi connectivity index (χ0n) is 13.9. The number of hydrogen-bond donors (Lipinski definition) is 1.